The minimum atomic E-state index is 0.0888. The first-order valence-electron chi connectivity index (χ1n) is 6.67. The van der Waals surface area contributed by atoms with E-state index < -0.39 is 0 Å². The number of rotatable bonds is 5. The lowest BCUT2D eigenvalue weighted by molar-refractivity contribution is 0.445. The van der Waals surface area contributed by atoms with Crippen molar-refractivity contribution in [2.75, 3.05) is 6.54 Å². The molecule has 0 bridgehead atoms. The molecule has 2 nitrogen and oxygen atoms in total. The van der Waals surface area contributed by atoms with Gasteiger partial charge in [-0.15, -0.1) is 0 Å². The smallest absolute Gasteiger partial charge is 0.125 e. The maximum atomic E-state index is 6.18. The van der Waals surface area contributed by atoms with Crippen LogP contribution in [0.5, 0.6) is 0 Å². The van der Waals surface area contributed by atoms with Crippen molar-refractivity contribution in [2.45, 2.75) is 33.2 Å². The van der Waals surface area contributed by atoms with Crippen molar-refractivity contribution < 1.29 is 4.42 Å². The van der Waals surface area contributed by atoms with Gasteiger partial charge < -0.3 is 9.73 Å². The van der Waals surface area contributed by atoms with Crippen molar-refractivity contribution in [3.05, 3.63) is 58.0 Å². The minimum absolute atomic E-state index is 0.0888. The molecule has 0 saturated heterocycles. The number of nitrogens with one attached hydrogen (secondary N) is 1. The van der Waals surface area contributed by atoms with E-state index in [-0.39, 0.29) is 6.04 Å². The van der Waals surface area contributed by atoms with Gasteiger partial charge in [-0.1, -0.05) is 24.6 Å². The Morgan fingerprint density at radius 1 is 1.26 bits per heavy atom. The van der Waals surface area contributed by atoms with E-state index in [4.69, 9.17) is 16.0 Å². The van der Waals surface area contributed by atoms with Gasteiger partial charge in [0.15, 0.2) is 0 Å². The highest BCUT2D eigenvalue weighted by Gasteiger charge is 2.18. The van der Waals surface area contributed by atoms with Crippen LogP contribution in [-0.2, 0) is 0 Å². The Morgan fingerprint density at radius 2 is 2.05 bits per heavy atom. The lowest BCUT2D eigenvalue weighted by Crippen LogP contribution is -2.23. The van der Waals surface area contributed by atoms with Crippen LogP contribution >= 0.6 is 11.6 Å². The van der Waals surface area contributed by atoms with E-state index in [1.165, 1.54) is 11.1 Å². The fraction of sp³-hybridized carbons (Fsp3) is 0.375. The second-order valence-electron chi connectivity index (χ2n) is 4.86. The SMILES string of the molecule is CCCNC(c1ccco1)c1cc(C)c(Cl)cc1C. The molecule has 1 aromatic carbocycles. The molecule has 0 aliphatic rings. The molecule has 1 unspecified atom stereocenters. The van der Waals surface area contributed by atoms with Gasteiger partial charge in [-0.3, -0.25) is 0 Å². The summed E-state index contributed by atoms with van der Waals surface area (Å²) in [6.07, 6.45) is 2.80. The molecule has 0 amide bonds. The fourth-order valence-electron chi connectivity index (χ4n) is 2.22. The highest BCUT2D eigenvalue weighted by molar-refractivity contribution is 6.31. The van der Waals surface area contributed by atoms with E-state index in [2.05, 4.69) is 25.2 Å². The Hall–Kier alpha value is -1.25. The Kier molecular flexibility index (Phi) is 4.67. The summed E-state index contributed by atoms with van der Waals surface area (Å²) in [4.78, 5) is 0. The maximum Gasteiger partial charge on any atom is 0.125 e. The zero-order valence-corrected chi connectivity index (χ0v) is 12.4. The zero-order valence-electron chi connectivity index (χ0n) is 11.7. The van der Waals surface area contributed by atoms with Crippen LogP contribution in [0, 0.1) is 13.8 Å². The van der Waals surface area contributed by atoms with Gasteiger partial charge in [0.25, 0.3) is 0 Å². The van der Waals surface area contributed by atoms with Crippen molar-refractivity contribution in [2.24, 2.45) is 0 Å². The van der Waals surface area contributed by atoms with Crippen molar-refractivity contribution in [1.29, 1.82) is 0 Å². The summed E-state index contributed by atoms with van der Waals surface area (Å²) >= 11 is 6.18. The largest absolute Gasteiger partial charge is 0.467 e. The molecular formula is C16H20ClNO. The molecule has 0 saturated carbocycles. The molecule has 0 fully saturated rings. The quantitative estimate of drug-likeness (QED) is 0.861. The average molecular weight is 278 g/mol. The second-order valence-corrected chi connectivity index (χ2v) is 5.27. The van der Waals surface area contributed by atoms with Crippen molar-refractivity contribution in [1.82, 2.24) is 5.32 Å². The van der Waals surface area contributed by atoms with Crippen LogP contribution < -0.4 is 5.32 Å². The van der Waals surface area contributed by atoms with E-state index >= 15 is 0 Å². The standard InChI is InChI=1S/C16H20ClNO/c1-4-7-18-16(15-6-5-8-19-15)13-9-12(3)14(17)10-11(13)2/h5-6,8-10,16,18H,4,7H2,1-3H3. The van der Waals surface area contributed by atoms with E-state index in [0.717, 1.165) is 29.3 Å². The van der Waals surface area contributed by atoms with Crippen molar-refractivity contribution >= 4 is 11.6 Å². The molecule has 2 aromatic rings. The molecule has 0 spiro atoms. The highest BCUT2D eigenvalue weighted by atomic mass is 35.5. The number of benzene rings is 1. The Labute approximate surface area is 119 Å². The summed E-state index contributed by atoms with van der Waals surface area (Å²) in [6.45, 7) is 7.23. The molecule has 19 heavy (non-hydrogen) atoms. The maximum absolute atomic E-state index is 6.18. The van der Waals surface area contributed by atoms with E-state index in [9.17, 15) is 0 Å². The van der Waals surface area contributed by atoms with Gasteiger partial charge in [0.1, 0.15) is 5.76 Å². The lowest BCUT2D eigenvalue weighted by atomic mass is 9.97. The Bertz CT molecular complexity index is 534. The summed E-state index contributed by atoms with van der Waals surface area (Å²) < 4.78 is 5.58. The zero-order chi connectivity index (χ0) is 13.8. The van der Waals surface area contributed by atoms with Crippen LogP contribution in [0.4, 0.5) is 0 Å². The van der Waals surface area contributed by atoms with Gasteiger partial charge in [-0.05, 0) is 61.7 Å². The van der Waals surface area contributed by atoms with E-state index in [0.29, 0.717) is 0 Å². The summed E-state index contributed by atoms with van der Waals surface area (Å²) in [5, 5.41) is 4.35. The summed E-state index contributed by atoms with van der Waals surface area (Å²) in [5.74, 6) is 0.943. The molecule has 0 radical (unpaired) electrons. The fourth-order valence-corrected chi connectivity index (χ4v) is 2.44. The molecule has 0 aliphatic heterocycles. The predicted molar refractivity (Wildman–Crippen MR) is 79.8 cm³/mol. The average Bonchev–Trinajstić information content (AvgIpc) is 2.89. The molecule has 3 heteroatoms. The normalized spacial score (nSPS) is 12.6. The van der Waals surface area contributed by atoms with E-state index in [1.54, 1.807) is 6.26 Å². The summed E-state index contributed by atoms with van der Waals surface area (Å²) in [5.41, 5.74) is 3.50. The van der Waals surface area contributed by atoms with Gasteiger partial charge in [-0.25, -0.2) is 0 Å². The third-order valence-electron chi connectivity index (χ3n) is 3.28. The Morgan fingerprint density at radius 3 is 2.68 bits per heavy atom. The first-order valence-corrected chi connectivity index (χ1v) is 7.04. The molecular weight excluding hydrogens is 258 g/mol. The third-order valence-corrected chi connectivity index (χ3v) is 3.69. The van der Waals surface area contributed by atoms with Gasteiger partial charge in [0.05, 0.1) is 12.3 Å². The first-order chi connectivity index (χ1) is 9.13. The predicted octanol–water partition coefficient (Wildman–Crippen LogP) is 4.64. The van der Waals surface area contributed by atoms with Crippen molar-refractivity contribution in [3.63, 3.8) is 0 Å². The number of hydrogen-bond donors (Lipinski definition) is 1. The van der Waals surface area contributed by atoms with Crippen LogP contribution in [0.15, 0.2) is 34.9 Å². The molecule has 0 aliphatic carbocycles. The first kappa shape index (κ1) is 14.2. The molecule has 1 aromatic heterocycles. The third kappa shape index (κ3) is 3.20. The molecule has 1 N–H and O–H groups in total. The molecule has 2 rings (SSSR count). The molecule has 1 heterocycles. The van der Waals surface area contributed by atoms with Crippen LogP contribution in [-0.4, -0.2) is 6.54 Å². The molecule has 1 atom stereocenters. The van der Waals surface area contributed by atoms with Gasteiger partial charge >= 0.3 is 0 Å². The van der Waals surface area contributed by atoms with Crippen LogP contribution in [0.1, 0.15) is 41.8 Å². The summed E-state index contributed by atoms with van der Waals surface area (Å²) in [6, 6.07) is 8.19. The van der Waals surface area contributed by atoms with Crippen molar-refractivity contribution in [3.8, 4) is 0 Å². The molecule has 102 valence electrons. The highest BCUT2D eigenvalue weighted by Crippen LogP contribution is 2.29. The summed E-state index contributed by atoms with van der Waals surface area (Å²) in [7, 11) is 0. The lowest BCUT2D eigenvalue weighted by Gasteiger charge is -2.20. The monoisotopic (exact) mass is 277 g/mol. The number of furan rings is 1. The van der Waals surface area contributed by atoms with Crippen LogP contribution in [0.2, 0.25) is 5.02 Å². The number of hydrogen-bond acceptors (Lipinski definition) is 2. The topological polar surface area (TPSA) is 25.2 Å². The van der Waals surface area contributed by atoms with Crippen LogP contribution in [0.3, 0.4) is 0 Å². The van der Waals surface area contributed by atoms with Crippen LogP contribution in [0.25, 0.3) is 0 Å². The Balaban J connectivity index is 2.40. The van der Waals surface area contributed by atoms with Gasteiger partial charge in [-0.2, -0.15) is 0 Å². The minimum Gasteiger partial charge on any atom is -0.467 e. The van der Waals surface area contributed by atoms with Gasteiger partial charge in [0.2, 0.25) is 0 Å². The number of aryl methyl sites for hydroxylation is 2. The number of halogens is 1. The van der Waals surface area contributed by atoms with Gasteiger partial charge in [0, 0.05) is 5.02 Å². The second kappa shape index (κ2) is 6.27. The van der Waals surface area contributed by atoms with E-state index in [1.807, 2.05) is 25.1 Å².